The second-order valence-corrected chi connectivity index (χ2v) is 5.90. The molecule has 0 bridgehead atoms. The van der Waals surface area contributed by atoms with E-state index < -0.39 is 12.2 Å². The van der Waals surface area contributed by atoms with Gasteiger partial charge in [-0.25, -0.2) is 4.79 Å². The number of amides is 2. The monoisotopic (exact) mass is 356 g/mol. The van der Waals surface area contributed by atoms with Crippen LogP contribution in [-0.2, 0) is 9.53 Å². The van der Waals surface area contributed by atoms with Gasteiger partial charge in [0, 0.05) is 13.1 Å². The molecule has 2 amide bonds. The van der Waals surface area contributed by atoms with Crippen LogP contribution in [0.1, 0.15) is 32.3 Å². The highest BCUT2D eigenvalue weighted by Gasteiger charge is 2.14. The van der Waals surface area contributed by atoms with Crippen LogP contribution in [0.4, 0.5) is 4.79 Å². The van der Waals surface area contributed by atoms with E-state index in [1.807, 2.05) is 24.3 Å². The Morgan fingerprint density at radius 3 is 2.29 bits per heavy atom. The minimum Gasteiger partial charge on any atom is -0.481 e. The van der Waals surface area contributed by atoms with E-state index in [2.05, 4.69) is 24.5 Å². The molecule has 0 aliphatic rings. The van der Waals surface area contributed by atoms with Crippen molar-refractivity contribution in [2.24, 2.45) is 0 Å². The number of ether oxygens (including phenoxy) is 2. The molecule has 0 aliphatic carbocycles. The summed E-state index contributed by atoms with van der Waals surface area (Å²) in [7, 11) is 0. The summed E-state index contributed by atoms with van der Waals surface area (Å²) in [6.45, 7) is 6.61. The van der Waals surface area contributed by atoms with E-state index in [1.54, 1.807) is 6.92 Å². The lowest BCUT2D eigenvalue weighted by molar-refractivity contribution is -0.127. The summed E-state index contributed by atoms with van der Waals surface area (Å²) < 4.78 is 10.3. The third kappa shape index (κ3) is 7.55. The third-order valence-corrected chi connectivity index (χ3v) is 3.39. The minimum absolute atomic E-state index is 0.153. The summed E-state index contributed by atoms with van der Waals surface area (Å²) in [6.07, 6.45) is -1.18. The Labute approximate surface area is 147 Å². The van der Waals surface area contributed by atoms with Crippen LogP contribution in [-0.4, -0.2) is 43.7 Å². The van der Waals surface area contributed by atoms with E-state index in [0.717, 1.165) is 0 Å². The van der Waals surface area contributed by atoms with Crippen molar-refractivity contribution >= 4 is 23.6 Å². The third-order valence-electron chi connectivity index (χ3n) is 3.23. The first-order valence-electron chi connectivity index (χ1n) is 7.95. The van der Waals surface area contributed by atoms with E-state index in [0.29, 0.717) is 11.7 Å². The molecule has 1 aromatic carbocycles. The summed E-state index contributed by atoms with van der Waals surface area (Å²) in [5.41, 5.74) is 1.21. The topological polar surface area (TPSA) is 76.7 Å². The Bertz CT molecular complexity index is 520. The van der Waals surface area contributed by atoms with Crippen molar-refractivity contribution < 1.29 is 19.1 Å². The Morgan fingerprint density at radius 2 is 1.71 bits per heavy atom. The Kier molecular flexibility index (Phi) is 9.01. The zero-order valence-electron chi connectivity index (χ0n) is 14.3. The van der Waals surface area contributed by atoms with Gasteiger partial charge in [-0.05, 0) is 30.5 Å². The number of benzene rings is 1. The molecule has 24 heavy (non-hydrogen) atoms. The van der Waals surface area contributed by atoms with Crippen molar-refractivity contribution in [3.8, 4) is 5.75 Å². The van der Waals surface area contributed by atoms with Crippen LogP contribution in [0.2, 0.25) is 0 Å². The smallest absolute Gasteiger partial charge is 0.407 e. The maximum atomic E-state index is 11.9. The highest BCUT2D eigenvalue weighted by atomic mass is 35.5. The Hall–Kier alpha value is -1.95. The van der Waals surface area contributed by atoms with E-state index in [9.17, 15) is 9.59 Å². The van der Waals surface area contributed by atoms with Gasteiger partial charge in [-0.3, -0.25) is 4.79 Å². The Balaban J connectivity index is 2.28. The Morgan fingerprint density at radius 1 is 1.08 bits per heavy atom. The number of alkyl halides is 1. The van der Waals surface area contributed by atoms with Gasteiger partial charge in [-0.15, -0.1) is 11.6 Å². The lowest BCUT2D eigenvalue weighted by Gasteiger charge is -2.15. The predicted octanol–water partition coefficient (Wildman–Crippen LogP) is 2.66. The maximum absolute atomic E-state index is 11.9. The summed E-state index contributed by atoms with van der Waals surface area (Å²) in [6, 6.07) is 7.68. The summed E-state index contributed by atoms with van der Waals surface area (Å²) in [5.74, 6) is 1.09. The molecule has 134 valence electrons. The maximum Gasteiger partial charge on any atom is 0.407 e. The molecule has 1 aromatic rings. The fourth-order valence-electron chi connectivity index (χ4n) is 1.87. The lowest BCUT2D eigenvalue weighted by atomic mass is 10.0. The molecule has 0 spiro atoms. The molecule has 0 saturated carbocycles. The fraction of sp³-hybridized carbons (Fsp3) is 0.529. The highest BCUT2D eigenvalue weighted by Crippen LogP contribution is 2.19. The molecule has 2 N–H and O–H groups in total. The van der Waals surface area contributed by atoms with Crippen molar-refractivity contribution in [1.29, 1.82) is 0 Å². The number of hydrogen-bond acceptors (Lipinski definition) is 4. The van der Waals surface area contributed by atoms with Gasteiger partial charge in [0.05, 0.1) is 5.88 Å². The SMILES string of the molecule is CC(Oc1ccc(C(C)C)cc1)C(=O)NCCNC(=O)OCCCl. The second-order valence-electron chi connectivity index (χ2n) is 5.53. The van der Waals surface area contributed by atoms with Crippen LogP contribution < -0.4 is 15.4 Å². The van der Waals surface area contributed by atoms with Crippen LogP contribution in [0, 0.1) is 0 Å². The molecule has 1 atom stereocenters. The second kappa shape index (κ2) is 10.8. The van der Waals surface area contributed by atoms with Crippen molar-refractivity contribution in [3.05, 3.63) is 29.8 Å². The molecule has 0 radical (unpaired) electrons. The molecule has 0 aliphatic heterocycles. The summed E-state index contributed by atoms with van der Waals surface area (Å²) in [5, 5.41) is 5.19. The molecule has 0 fully saturated rings. The molecule has 1 rings (SSSR count). The van der Waals surface area contributed by atoms with Gasteiger partial charge in [0.15, 0.2) is 6.10 Å². The lowest BCUT2D eigenvalue weighted by Crippen LogP contribution is -2.40. The number of rotatable bonds is 9. The summed E-state index contributed by atoms with van der Waals surface area (Å²) in [4.78, 5) is 23.1. The van der Waals surface area contributed by atoms with Crippen LogP contribution >= 0.6 is 11.6 Å². The van der Waals surface area contributed by atoms with Gasteiger partial charge in [-0.2, -0.15) is 0 Å². The molecule has 0 saturated heterocycles. The van der Waals surface area contributed by atoms with Crippen LogP contribution in [0.3, 0.4) is 0 Å². The standard InChI is InChI=1S/C17H25ClN2O4/c1-12(2)14-4-6-15(7-5-14)24-13(3)16(21)19-9-10-20-17(22)23-11-8-18/h4-7,12-13H,8-11H2,1-3H3,(H,19,21)(H,20,22). The number of halogens is 1. The van der Waals surface area contributed by atoms with E-state index in [-0.39, 0.29) is 31.5 Å². The van der Waals surface area contributed by atoms with Crippen LogP contribution in [0.5, 0.6) is 5.75 Å². The molecular weight excluding hydrogens is 332 g/mol. The normalized spacial score (nSPS) is 11.7. The van der Waals surface area contributed by atoms with Gasteiger partial charge in [-0.1, -0.05) is 26.0 Å². The number of hydrogen-bond donors (Lipinski definition) is 2. The average molecular weight is 357 g/mol. The zero-order valence-corrected chi connectivity index (χ0v) is 15.1. The fourth-order valence-corrected chi connectivity index (χ4v) is 1.94. The quantitative estimate of drug-likeness (QED) is 0.527. The van der Waals surface area contributed by atoms with Gasteiger partial charge in [0.25, 0.3) is 5.91 Å². The number of nitrogens with one attached hydrogen (secondary N) is 2. The van der Waals surface area contributed by atoms with Crippen molar-refractivity contribution in [2.45, 2.75) is 32.8 Å². The summed E-state index contributed by atoms with van der Waals surface area (Å²) >= 11 is 5.40. The van der Waals surface area contributed by atoms with Crippen molar-refractivity contribution in [3.63, 3.8) is 0 Å². The predicted molar refractivity (Wildman–Crippen MR) is 93.7 cm³/mol. The molecular formula is C17H25ClN2O4. The van der Waals surface area contributed by atoms with E-state index in [1.165, 1.54) is 5.56 Å². The minimum atomic E-state index is -0.627. The van der Waals surface area contributed by atoms with Gasteiger partial charge in [0.1, 0.15) is 12.4 Å². The molecule has 7 heteroatoms. The largest absolute Gasteiger partial charge is 0.481 e. The zero-order chi connectivity index (χ0) is 17.9. The van der Waals surface area contributed by atoms with Gasteiger partial charge in [0.2, 0.25) is 0 Å². The molecule has 1 unspecified atom stereocenters. The highest BCUT2D eigenvalue weighted by molar-refractivity contribution is 6.18. The first kappa shape index (κ1) is 20.1. The van der Waals surface area contributed by atoms with Crippen LogP contribution in [0.25, 0.3) is 0 Å². The van der Waals surface area contributed by atoms with E-state index in [4.69, 9.17) is 21.1 Å². The number of carbonyl (C=O) groups excluding carboxylic acids is 2. The average Bonchev–Trinajstić information content (AvgIpc) is 2.57. The molecule has 6 nitrogen and oxygen atoms in total. The number of carbonyl (C=O) groups is 2. The van der Waals surface area contributed by atoms with Crippen LogP contribution in [0.15, 0.2) is 24.3 Å². The van der Waals surface area contributed by atoms with Crippen molar-refractivity contribution in [1.82, 2.24) is 10.6 Å². The first-order valence-corrected chi connectivity index (χ1v) is 8.48. The van der Waals surface area contributed by atoms with E-state index >= 15 is 0 Å². The van der Waals surface area contributed by atoms with Gasteiger partial charge < -0.3 is 20.1 Å². The first-order chi connectivity index (χ1) is 11.4. The van der Waals surface area contributed by atoms with Crippen molar-refractivity contribution in [2.75, 3.05) is 25.6 Å². The number of alkyl carbamates (subject to hydrolysis) is 1. The molecule has 0 aromatic heterocycles. The van der Waals surface area contributed by atoms with Gasteiger partial charge >= 0.3 is 6.09 Å². The molecule has 0 heterocycles.